The van der Waals surface area contributed by atoms with E-state index in [2.05, 4.69) is 4.74 Å². The lowest BCUT2D eigenvalue weighted by atomic mass is 10.1. The topological polar surface area (TPSA) is 52.3 Å². The second-order valence-electron chi connectivity index (χ2n) is 2.89. The van der Waals surface area contributed by atoms with Crippen molar-refractivity contribution in [3.05, 3.63) is 28.3 Å². The number of benzene rings is 1. The van der Waals surface area contributed by atoms with Gasteiger partial charge in [-0.1, -0.05) is 11.6 Å². The molecule has 1 amide bonds. The molecule has 0 fully saturated rings. The van der Waals surface area contributed by atoms with E-state index in [1.54, 1.807) is 0 Å². The highest BCUT2D eigenvalue weighted by Gasteiger charge is 2.36. The van der Waals surface area contributed by atoms with Gasteiger partial charge in [0.25, 0.3) is 5.91 Å². The summed E-state index contributed by atoms with van der Waals surface area (Å²) in [5.74, 6) is -1.33. The summed E-state index contributed by atoms with van der Waals surface area (Å²) in [5.41, 5.74) is 2.88. The molecular weight excluding hydrogens is 247 g/mol. The number of hydrogen-bond acceptors (Lipinski definition) is 2. The molecule has 1 aromatic rings. The van der Waals surface area contributed by atoms with Crippen molar-refractivity contribution in [2.24, 2.45) is 5.73 Å². The van der Waals surface area contributed by atoms with Crippen molar-refractivity contribution >= 4 is 17.5 Å². The number of alkyl halides is 3. The molecule has 16 heavy (non-hydrogen) atoms. The normalized spacial score (nSPS) is 11.3. The minimum Gasteiger partial charge on any atom is -0.497 e. The van der Waals surface area contributed by atoms with Crippen LogP contribution < -0.4 is 10.5 Å². The number of nitrogens with two attached hydrogens (primary N) is 1. The largest absolute Gasteiger partial charge is 0.497 e. The zero-order chi connectivity index (χ0) is 12.5. The van der Waals surface area contributed by atoms with Crippen molar-refractivity contribution in [2.45, 2.75) is 6.18 Å². The van der Waals surface area contributed by atoms with E-state index >= 15 is 0 Å². The summed E-state index contributed by atoms with van der Waals surface area (Å²) < 4.78 is 42.4. The molecule has 7 heteroatoms. The average molecular weight is 254 g/mol. The second-order valence-corrected chi connectivity index (χ2v) is 3.30. The molecule has 0 aliphatic carbocycles. The Kier molecular flexibility index (Phi) is 3.32. The number of hydrogen-bond donors (Lipinski definition) is 1. The third kappa shape index (κ3) is 2.38. The fourth-order valence-electron chi connectivity index (χ4n) is 1.17. The van der Waals surface area contributed by atoms with Crippen LogP contribution in [0.4, 0.5) is 13.2 Å². The molecule has 1 aromatic carbocycles. The predicted molar refractivity (Wildman–Crippen MR) is 51.5 cm³/mol. The van der Waals surface area contributed by atoms with Crippen molar-refractivity contribution in [1.29, 1.82) is 0 Å². The van der Waals surface area contributed by atoms with Gasteiger partial charge < -0.3 is 10.5 Å². The summed E-state index contributed by atoms with van der Waals surface area (Å²) in [6.45, 7) is 0. The predicted octanol–water partition coefficient (Wildman–Crippen LogP) is 2.47. The molecule has 0 bridgehead atoms. The smallest absolute Gasteiger partial charge is 0.417 e. The van der Waals surface area contributed by atoms with E-state index in [1.807, 2.05) is 0 Å². The van der Waals surface area contributed by atoms with E-state index in [0.29, 0.717) is 6.07 Å². The van der Waals surface area contributed by atoms with E-state index in [0.717, 1.165) is 6.07 Å². The zero-order valence-electron chi connectivity index (χ0n) is 8.06. The molecule has 2 N–H and O–H groups in total. The van der Waals surface area contributed by atoms with Gasteiger partial charge in [-0.3, -0.25) is 4.79 Å². The monoisotopic (exact) mass is 253 g/mol. The molecule has 0 heterocycles. The number of halogens is 4. The lowest BCUT2D eigenvalue weighted by molar-refractivity contribution is -0.138. The van der Waals surface area contributed by atoms with Gasteiger partial charge in [0.1, 0.15) is 5.75 Å². The quantitative estimate of drug-likeness (QED) is 0.880. The zero-order valence-corrected chi connectivity index (χ0v) is 8.82. The Hall–Kier alpha value is -1.43. The van der Waals surface area contributed by atoms with Gasteiger partial charge >= 0.3 is 6.18 Å². The number of amides is 1. The standard InChI is InChI=1S/C9H7ClF3NO2/c1-16-4-2-5(9(11,12)13)7(8(14)15)6(10)3-4/h2-3H,1H3,(H2,14,15). The molecule has 1 rings (SSSR count). The van der Waals surface area contributed by atoms with Crippen LogP contribution in [0, 0.1) is 0 Å². The molecular formula is C9H7ClF3NO2. The molecule has 0 atom stereocenters. The summed E-state index contributed by atoms with van der Waals surface area (Å²) in [6, 6.07) is 1.77. The third-order valence-electron chi connectivity index (χ3n) is 1.85. The third-order valence-corrected chi connectivity index (χ3v) is 2.15. The van der Waals surface area contributed by atoms with Crippen molar-refractivity contribution in [3.63, 3.8) is 0 Å². The van der Waals surface area contributed by atoms with Crippen LogP contribution >= 0.6 is 11.6 Å². The van der Waals surface area contributed by atoms with Crippen LogP contribution in [0.2, 0.25) is 5.02 Å². The van der Waals surface area contributed by atoms with Gasteiger partial charge in [0.05, 0.1) is 23.3 Å². The molecule has 0 aliphatic rings. The van der Waals surface area contributed by atoms with Gasteiger partial charge in [-0.25, -0.2) is 0 Å². The molecule has 0 spiro atoms. The Labute approximate surface area is 93.9 Å². The highest BCUT2D eigenvalue weighted by Crippen LogP contribution is 2.37. The molecule has 0 saturated heterocycles. The number of methoxy groups -OCH3 is 1. The van der Waals surface area contributed by atoms with Crippen molar-refractivity contribution < 1.29 is 22.7 Å². The maximum Gasteiger partial charge on any atom is 0.417 e. The lowest BCUT2D eigenvalue weighted by Gasteiger charge is -2.13. The van der Waals surface area contributed by atoms with Gasteiger partial charge in [-0.2, -0.15) is 13.2 Å². The first kappa shape index (κ1) is 12.6. The minimum atomic E-state index is -4.72. The fourth-order valence-corrected chi connectivity index (χ4v) is 1.48. The molecule has 3 nitrogen and oxygen atoms in total. The van der Waals surface area contributed by atoms with Gasteiger partial charge in [-0.15, -0.1) is 0 Å². The Bertz CT molecular complexity index is 431. The number of ether oxygens (including phenoxy) is 1. The maximum absolute atomic E-state index is 12.6. The van der Waals surface area contributed by atoms with Crippen LogP contribution in [-0.4, -0.2) is 13.0 Å². The van der Waals surface area contributed by atoms with E-state index in [1.165, 1.54) is 7.11 Å². The van der Waals surface area contributed by atoms with Crippen LogP contribution in [0.15, 0.2) is 12.1 Å². The number of carbonyl (C=O) groups is 1. The van der Waals surface area contributed by atoms with E-state index < -0.39 is 23.2 Å². The second kappa shape index (κ2) is 4.21. The minimum absolute atomic E-state index is 0.0951. The summed E-state index contributed by atoms with van der Waals surface area (Å²) in [4.78, 5) is 10.9. The number of carbonyl (C=O) groups excluding carboxylic acids is 1. The first-order chi connectivity index (χ1) is 7.27. The van der Waals surface area contributed by atoms with Crippen LogP contribution in [0.25, 0.3) is 0 Å². The van der Waals surface area contributed by atoms with Crippen molar-refractivity contribution in [1.82, 2.24) is 0 Å². The Morgan fingerprint density at radius 1 is 1.44 bits per heavy atom. The SMILES string of the molecule is COc1cc(Cl)c(C(N)=O)c(C(F)(F)F)c1. The molecule has 0 radical (unpaired) electrons. The van der Waals surface area contributed by atoms with Crippen molar-refractivity contribution in [3.8, 4) is 5.75 Å². The fraction of sp³-hybridized carbons (Fsp3) is 0.222. The van der Waals surface area contributed by atoms with Gasteiger partial charge in [0.2, 0.25) is 0 Å². The molecule has 0 unspecified atom stereocenters. The molecule has 0 aliphatic heterocycles. The Morgan fingerprint density at radius 2 is 2.00 bits per heavy atom. The average Bonchev–Trinajstić information content (AvgIpc) is 2.14. The van der Waals surface area contributed by atoms with E-state index in [4.69, 9.17) is 17.3 Å². The highest BCUT2D eigenvalue weighted by molar-refractivity contribution is 6.34. The Morgan fingerprint density at radius 3 is 2.38 bits per heavy atom. The summed E-state index contributed by atoms with van der Waals surface area (Å²) in [5, 5.41) is -0.390. The summed E-state index contributed by atoms with van der Waals surface area (Å²) in [7, 11) is 1.19. The van der Waals surface area contributed by atoms with E-state index in [-0.39, 0.29) is 10.8 Å². The number of primary amides is 1. The van der Waals surface area contributed by atoms with Crippen LogP contribution in [-0.2, 0) is 6.18 Å². The van der Waals surface area contributed by atoms with Gasteiger partial charge in [-0.05, 0) is 12.1 Å². The van der Waals surface area contributed by atoms with E-state index in [9.17, 15) is 18.0 Å². The van der Waals surface area contributed by atoms with Gasteiger partial charge in [0, 0.05) is 0 Å². The van der Waals surface area contributed by atoms with Crippen molar-refractivity contribution in [2.75, 3.05) is 7.11 Å². The van der Waals surface area contributed by atoms with Crippen LogP contribution in [0.3, 0.4) is 0 Å². The van der Waals surface area contributed by atoms with Gasteiger partial charge in [0.15, 0.2) is 0 Å². The molecule has 88 valence electrons. The summed E-state index contributed by atoms with van der Waals surface area (Å²) >= 11 is 5.53. The maximum atomic E-state index is 12.6. The molecule has 0 saturated carbocycles. The first-order valence-corrected chi connectivity index (χ1v) is 4.39. The Balaban J connectivity index is 3.53. The molecule has 0 aromatic heterocycles. The summed E-state index contributed by atoms with van der Waals surface area (Å²) in [6.07, 6.45) is -4.72. The lowest BCUT2D eigenvalue weighted by Crippen LogP contribution is -2.19. The van der Waals surface area contributed by atoms with Crippen LogP contribution in [0.1, 0.15) is 15.9 Å². The first-order valence-electron chi connectivity index (χ1n) is 4.02. The number of rotatable bonds is 2. The van der Waals surface area contributed by atoms with Crippen LogP contribution in [0.5, 0.6) is 5.75 Å². The highest BCUT2D eigenvalue weighted by atomic mass is 35.5.